The quantitative estimate of drug-likeness (QED) is 0.203. The zero-order valence-corrected chi connectivity index (χ0v) is 63.1. The number of alkyl halides is 3. The van der Waals surface area contributed by atoms with E-state index in [1.165, 1.54) is 77.0 Å². The number of amides is 12. The Hall–Kier alpha value is -7.55. The van der Waals surface area contributed by atoms with Crippen LogP contribution in [0.15, 0.2) is 42.5 Å². The van der Waals surface area contributed by atoms with E-state index in [1.807, 2.05) is 6.92 Å². The summed E-state index contributed by atoms with van der Waals surface area (Å²) in [7, 11) is 9.67. The van der Waals surface area contributed by atoms with Gasteiger partial charge in [-0.3, -0.25) is 57.5 Å². The fourth-order valence-electron chi connectivity index (χ4n) is 14.4. The van der Waals surface area contributed by atoms with E-state index < -0.39 is 173 Å². The molecular weight excluding hydrogens is 1360 g/mol. The van der Waals surface area contributed by atoms with Crippen LogP contribution in [0.4, 0.5) is 13.2 Å². The highest BCUT2D eigenvalue weighted by Gasteiger charge is 2.50. The number of likely N-dealkylation sites (N-methyl/N-ethyl adjacent to an activating group) is 8. The van der Waals surface area contributed by atoms with Crippen LogP contribution in [0.1, 0.15) is 161 Å². The lowest BCUT2D eigenvalue weighted by Gasteiger charge is -2.42. The number of benzene rings is 2. The highest BCUT2D eigenvalue weighted by molar-refractivity contribution is 6.31. The standard InChI is InChI=1S/C73H107Cl2F3N12O12/c1-14-46(5)62-69(100)84(9)43-60(93)82(7)44-61(94)86(11)56(39-48-26-18-16-19-27-48)67(98)83(8)42-58(91)79-54(33-31-49-30-32-51(53(75)38-49)73(76,77)78)66(97)90(15-2)55(40-50-28-20-21-29-52(50)74)65(96)81-72(34-22-23-35-72)71(102)88(13)63(45(3)4)70(101)87(12)57(68(99)89-36-24-17-25-37-89)41-59(92)85(10)47(6)64(95)80-62/h20-21,28-30,32,38,45-48,54-57,62-63H,14-19,22-27,31,33-37,39-44H2,1-13H3,(H,79,91)(H,80,95)(H,81,96)/t46-,47-,54?,55-,56-,57-,62-,63-/m0/s1. The number of nitrogens with zero attached hydrogens (tertiary/aromatic N) is 9. The summed E-state index contributed by atoms with van der Waals surface area (Å²) in [6.07, 6.45) is 2.02. The maximum atomic E-state index is 15.7. The van der Waals surface area contributed by atoms with Gasteiger partial charge in [0.15, 0.2) is 0 Å². The second-order valence-electron chi connectivity index (χ2n) is 28.8. The summed E-state index contributed by atoms with van der Waals surface area (Å²) in [6, 6.07) is 0.279. The molecule has 1 spiro atoms. The molecule has 2 aliphatic heterocycles. The van der Waals surface area contributed by atoms with E-state index in [4.69, 9.17) is 23.2 Å². The number of aryl methyl sites for hydroxylation is 1. The van der Waals surface area contributed by atoms with E-state index in [2.05, 4.69) is 16.0 Å². The molecule has 6 rings (SSSR count). The first-order valence-electron chi connectivity index (χ1n) is 35.9. The normalized spacial score (nSPS) is 25.0. The van der Waals surface area contributed by atoms with Crippen molar-refractivity contribution in [1.82, 2.24) is 60.0 Å². The highest BCUT2D eigenvalue weighted by atomic mass is 35.5. The van der Waals surface area contributed by atoms with Crippen LogP contribution in [0.3, 0.4) is 0 Å². The van der Waals surface area contributed by atoms with E-state index in [0.717, 1.165) is 75.2 Å². The number of nitrogens with one attached hydrogen (secondary N) is 3. The van der Waals surface area contributed by atoms with Crippen LogP contribution in [0.25, 0.3) is 0 Å². The molecule has 2 aliphatic carbocycles. The minimum atomic E-state index is -4.79. The predicted molar refractivity (Wildman–Crippen MR) is 380 cm³/mol. The van der Waals surface area contributed by atoms with Gasteiger partial charge in [0.1, 0.15) is 47.8 Å². The SMILES string of the molecule is CC[C@H](C)[C@@H]1NC(=O)[C@H](C)N(C)C(=O)C[C@@H](C(=O)N2CCCCC2)N(C)C(=O)[C@H](C(C)C)N(C)C(=O)C2(CCCC2)NC(=O)[C@H](Cc2ccccc2Cl)N(CC)C(=O)C(CCc2ccc(C(F)(F)F)c(Cl)c2)NC(=O)CN(C)C(=O)[C@H](CC2CCCCC2)N(C)C(=O)CN(C)C(=O)CN(C)C1=O. The molecule has 0 radical (unpaired) electrons. The molecule has 4 aliphatic rings. The number of halogens is 5. The smallest absolute Gasteiger partial charge is 0.343 e. The van der Waals surface area contributed by atoms with Crippen molar-refractivity contribution in [2.75, 3.05) is 88.6 Å². The van der Waals surface area contributed by atoms with Crippen LogP contribution >= 0.6 is 23.2 Å². The maximum Gasteiger partial charge on any atom is 0.417 e. The molecule has 29 heteroatoms. The molecular formula is C73H107Cl2F3N12O12. The third-order valence-corrected chi connectivity index (χ3v) is 21.9. The molecule has 2 heterocycles. The molecule has 4 fully saturated rings. The lowest BCUT2D eigenvalue weighted by molar-refractivity contribution is -0.156. The van der Waals surface area contributed by atoms with Gasteiger partial charge in [-0.25, -0.2) is 0 Å². The molecule has 3 N–H and O–H groups in total. The average Bonchev–Trinajstić information content (AvgIpc) is 1.42. The Bertz CT molecular complexity index is 3340. The Morgan fingerprint density at radius 3 is 1.83 bits per heavy atom. The van der Waals surface area contributed by atoms with Gasteiger partial charge in [0.2, 0.25) is 70.9 Å². The first-order chi connectivity index (χ1) is 48.0. The number of hydrogen-bond donors (Lipinski definition) is 3. The van der Waals surface area contributed by atoms with Crippen molar-refractivity contribution in [3.63, 3.8) is 0 Å². The van der Waals surface area contributed by atoms with Gasteiger partial charge in [0, 0.05) is 80.4 Å². The minimum Gasteiger partial charge on any atom is -0.343 e. The Morgan fingerprint density at radius 1 is 0.637 bits per heavy atom. The number of rotatable bonds is 12. The van der Waals surface area contributed by atoms with Crippen molar-refractivity contribution in [2.24, 2.45) is 17.8 Å². The third-order valence-electron chi connectivity index (χ3n) is 21.2. The minimum absolute atomic E-state index is 0.00685. The van der Waals surface area contributed by atoms with Crippen LogP contribution in [0.5, 0.6) is 0 Å². The number of carbonyl (C=O) groups is 12. The van der Waals surface area contributed by atoms with Gasteiger partial charge in [0.05, 0.1) is 36.6 Å². The first kappa shape index (κ1) is 83.4. The lowest BCUT2D eigenvalue weighted by atomic mass is 9.84. The summed E-state index contributed by atoms with van der Waals surface area (Å²) in [5, 5.41) is 8.23. The molecule has 0 aromatic heterocycles. The van der Waals surface area contributed by atoms with Crippen LogP contribution < -0.4 is 16.0 Å². The van der Waals surface area contributed by atoms with Gasteiger partial charge in [-0.15, -0.1) is 0 Å². The van der Waals surface area contributed by atoms with E-state index in [-0.39, 0.29) is 61.6 Å². The molecule has 0 bridgehead atoms. The molecule has 2 aromatic rings. The fourth-order valence-corrected chi connectivity index (χ4v) is 14.9. The number of likely N-dealkylation sites (tertiary alicyclic amines) is 1. The molecule has 102 heavy (non-hydrogen) atoms. The Morgan fingerprint density at radius 2 is 1.25 bits per heavy atom. The van der Waals surface area contributed by atoms with E-state index in [1.54, 1.807) is 56.9 Å². The van der Waals surface area contributed by atoms with E-state index in [0.29, 0.717) is 50.8 Å². The molecule has 12 amide bonds. The van der Waals surface area contributed by atoms with Crippen molar-refractivity contribution in [1.29, 1.82) is 0 Å². The van der Waals surface area contributed by atoms with Crippen LogP contribution in [0.2, 0.25) is 10.0 Å². The van der Waals surface area contributed by atoms with Gasteiger partial charge in [-0.05, 0) is 112 Å². The van der Waals surface area contributed by atoms with Crippen molar-refractivity contribution in [2.45, 2.75) is 211 Å². The molecule has 2 saturated heterocycles. The Kier molecular flexibility index (Phi) is 30.4. The summed E-state index contributed by atoms with van der Waals surface area (Å²) >= 11 is 13.0. The topological polar surface area (TPSA) is 270 Å². The van der Waals surface area contributed by atoms with E-state index >= 15 is 19.2 Å². The summed E-state index contributed by atoms with van der Waals surface area (Å²) in [5.41, 5.74) is -2.12. The fraction of sp³-hybridized carbons (Fsp3) is 0.671. The average molecular weight is 1470 g/mol. The third kappa shape index (κ3) is 21.1. The van der Waals surface area contributed by atoms with Gasteiger partial charge >= 0.3 is 6.18 Å². The predicted octanol–water partition coefficient (Wildman–Crippen LogP) is 6.60. The summed E-state index contributed by atoms with van der Waals surface area (Å²) in [6.45, 7) is 8.73. The van der Waals surface area contributed by atoms with Crippen molar-refractivity contribution >= 4 is 94.1 Å². The molecule has 24 nitrogen and oxygen atoms in total. The van der Waals surface area contributed by atoms with Gasteiger partial charge in [-0.2, -0.15) is 13.2 Å². The van der Waals surface area contributed by atoms with Crippen molar-refractivity contribution in [3.05, 3.63) is 69.2 Å². The molecule has 1 unspecified atom stereocenters. The molecule has 566 valence electrons. The van der Waals surface area contributed by atoms with E-state index in [9.17, 15) is 51.5 Å². The van der Waals surface area contributed by atoms with Crippen LogP contribution in [0, 0.1) is 17.8 Å². The number of hydrogen-bond acceptors (Lipinski definition) is 12. The monoisotopic (exact) mass is 1470 g/mol. The molecule has 8 atom stereocenters. The second kappa shape index (κ2) is 37.2. The lowest BCUT2D eigenvalue weighted by Crippen LogP contribution is -2.65. The van der Waals surface area contributed by atoms with Crippen LogP contribution in [-0.2, 0) is 76.6 Å². The van der Waals surface area contributed by atoms with Crippen molar-refractivity contribution in [3.8, 4) is 0 Å². The second-order valence-corrected chi connectivity index (χ2v) is 29.6. The van der Waals surface area contributed by atoms with Crippen LogP contribution in [-0.4, -0.2) is 251 Å². The molecule has 2 aromatic carbocycles. The summed E-state index contributed by atoms with van der Waals surface area (Å²) in [4.78, 5) is 190. The maximum absolute atomic E-state index is 15.7. The zero-order chi connectivity index (χ0) is 75.8. The summed E-state index contributed by atoms with van der Waals surface area (Å²) in [5.74, 6) is -9.64. The Balaban J connectivity index is 1.47. The van der Waals surface area contributed by atoms with Gasteiger partial charge in [-0.1, -0.05) is 127 Å². The number of piperidine rings is 1. The zero-order valence-electron chi connectivity index (χ0n) is 61.6. The van der Waals surface area contributed by atoms with Gasteiger partial charge < -0.3 is 60.0 Å². The molecule has 2 saturated carbocycles. The summed E-state index contributed by atoms with van der Waals surface area (Å²) < 4.78 is 41.9. The van der Waals surface area contributed by atoms with Gasteiger partial charge in [0.25, 0.3) is 0 Å². The Labute approximate surface area is 608 Å². The first-order valence-corrected chi connectivity index (χ1v) is 36.6. The largest absolute Gasteiger partial charge is 0.417 e. The van der Waals surface area contributed by atoms with Crippen molar-refractivity contribution < 1.29 is 70.7 Å². The number of carbonyl (C=O) groups excluding carboxylic acids is 12. The highest BCUT2D eigenvalue weighted by Crippen LogP contribution is 2.37.